The van der Waals surface area contributed by atoms with E-state index in [1.807, 2.05) is 0 Å². The lowest BCUT2D eigenvalue weighted by Crippen LogP contribution is -2.45. The summed E-state index contributed by atoms with van der Waals surface area (Å²) in [5.74, 6) is -1.18. The van der Waals surface area contributed by atoms with Crippen LogP contribution in [0.5, 0.6) is 0 Å². The molecule has 0 aliphatic carbocycles. The van der Waals surface area contributed by atoms with Crippen LogP contribution in [0.2, 0.25) is 0 Å². The molecule has 0 saturated carbocycles. The number of nitrogens with two attached hydrogens (primary N) is 1. The molecule has 3 amide bonds. The zero-order valence-corrected chi connectivity index (χ0v) is 10.7. The van der Waals surface area contributed by atoms with Crippen molar-refractivity contribution in [1.29, 1.82) is 0 Å². The Morgan fingerprint density at radius 2 is 1.84 bits per heavy atom. The number of nitrogens with one attached hydrogen (secondary N) is 2. The Morgan fingerprint density at radius 3 is 2.37 bits per heavy atom. The summed E-state index contributed by atoms with van der Waals surface area (Å²) in [6.45, 7) is 1.97. The van der Waals surface area contributed by atoms with E-state index in [2.05, 4.69) is 10.6 Å². The number of amides is 3. The molecule has 0 aromatic carbocycles. The maximum Gasteiger partial charge on any atom is 0.312 e. The topological polar surface area (TPSA) is 125 Å². The zero-order chi connectivity index (χ0) is 14.3. The number of primary amides is 1. The first-order valence-electron chi connectivity index (χ1n) is 6.25. The highest BCUT2D eigenvalue weighted by molar-refractivity contribution is 5.79. The molecule has 0 radical (unpaired) electrons. The third-order valence-corrected chi connectivity index (χ3v) is 3.07. The summed E-state index contributed by atoms with van der Waals surface area (Å²) in [5, 5.41) is 14.1. The summed E-state index contributed by atoms with van der Waals surface area (Å²) in [4.78, 5) is 34.6. The molecule has 0 aromatic heterocycles. The summed E-state index contributed by atoms with van der Waals surface area (Å²) < 4.78 is 0. The van der Waals surface area contributed by atoms with Gasteiger partial charge in [-0.3, -0.25) is 9.59 Å². The summed E-state index contributed by atoms with van der Waals surface area (Å²) in [5.41, 5.74) is 4.89. The standard InChI is InChI=1S/C11H20N4O4/c12-11(19)14-4-3-13-7-9(16)15-5-1-8(2-6-15)10(17)18/h8,13H,1-7H2,(H,17,18)(H3,12,14,19). The first kappa shape index (κ1) is 15.2. The van der Waals surface area contributed by atoms with E-state index >= 15 is 0 Å². The first-order valence-corrected chi connectivity index (χ1v) is 6.25. The summed E-state index contributed by atoms with van der Waals surface area (Å²) >= 11 is 0. The van der Waals surface area contributed by atoms with Crippen LogP contribution in [0.4, 0.5) is 4.79 Å². The van der Waals surface area contributed by atoms with E-state index in [0.717, 1.165) is 0 Å². The van der Waals surface area contributed by atoms with Crippen molar-refractivity contribution in [2.75, 3.05) is 32.7 Å². The fraction of sp³-hybridized carbons (Fsp3) is 0.727. The number of nitrogens with zero attached hydrogens (tertiary/aromatic N) is 1. The number of likely N-dealkylation sites (tertiary alicyclic amines) is 1. The number of hydrogen-bond acceptors (Lipinski definition) is 4. The van der Waals surface area contributed by atoms with E-state index in [1.165, 1.54) is 0 Å². The Labute approximate surface area is 111 Å². The Balaban J connectivity index is 2.14. The van der Waals surface area contributed by atoms with Crippen molar-refractivity contribution in [2.24, 2.45) is 11.7 Å². The van der Waals surface area contributed by atoms with Crippen LogP contribution in [0.25, 0.3) is 0 Å². The van der Waals surface area contributed by atoms with Crippen LogP contribution in [-0.4, -0.2) is 60.6 Å². The lowest BCUT2D eigenvalue weighted by molar-refractivity contribution is -0.145. The van der Waals surface area contributed by atoms with Gasteiger partial charge in [-0.1, -0.05) is 0 Å². The largest absolute Gasteiger partial charge is 0.481 e. The average Bonchev–Trinajstić information content (AvgIpc) is 2.37. The first-order chi connectivity index (χ1) is 9.00. The normalized spacial score (nSPS) is 16.1. The van der Waals surface area contributed by atoms with Crippen LogP contribution in [0.3, 0.4) is 0 Å². The molecule has 0 bridgehead atoms. The molecule has 0 atom stereocenters. The summed E-state index contributed by atoms with van der Waals surface area (Å²) in [6.07, 6.45) is 1.01. The minimum Gasteiger partial charge on any atom is -0.481 e. The Hall–Kier alpha value is -1.83. The SMILES string of the molecule is NC(=O)NCCNCC(=O)N1CCC(C(=O)O)CC1. The minimum atomic E-state index is -0.789. The number of carboxylic acids is 1. The molecular weight excluding hydrogens is 252 g/mol. The molecule has 1 rings (SSSR count). The highest BCUT2D eigenvalue weighted by Gasteiger charge is 2.26. The van der Waals surface area contributed by atoms with Crippen molar-refractivity contribution in [2.45, 2.75) is 12.8 Å². The van der Waals surface area contributed by atoms with Gasteiger partial charge in [-0.2, -0.15) is 0 Å². The fourth-order valence-electron chi connectivity index (χ4n) is 1.96. The lowest BCUT2D eigenvalue weighted by atomic mass is 9.97. The van der Waals surface area contributed by atoms with Crippen LogP contribution >= 0.6 is 0 Å². The third kappa shape index (κ3) is 5.56. The lowest BCUT2D eigenvalue weighted by Gasteiger charge is -2.30. The maximum atomic E-state index is 11.8. The maximum absolute atomic E-state index is 11.8. The van der Waals surface area contributed by atoms with Gasteiger partial charge in [0.05, 0.1) is 12.5 Å². The van der Waals surface area contributed by atoms with Crippen molar-refractivity contribution in [1.82, 2.24) is 15.5 Å². The Bertz CT molecular complexity index is 340. The van der Waals surface area contributed by atoms with Gasteiger partial charge in [0, 0.05) is 26.2 Å². The van der Waals surface area contributed by atoms with Crippen LogP contribution in [0.1, 0.15) is 12.8 Å². The fourth-order valence-corrected chi connectivity index (χ4v) is 1.96. The van der Waals surface area contributed by atoms with Gasteiger partial charge in [0.25, 0.3) is 0 Å². The molecule has 0 unspecified atom stereocenters. The Kier molecular flexibility index (Phi) is 6.07. The second kappa shape index (κ2) is 7.57. The van der Waals surface area contributed by atoms with Gasteiger partial charge in [0.2, 0.25) is 5.91 Å². The van der Waals surface area contributed by atoms with E-state index in [4.69, 9.17) is 10.8 Å². The molecule has 1 aliphatic rings. The van der Waals surface area contributed by atoms with Crippen molar-refractivity contribution < 1.29 is 19.5 Å². The molecule has 5 N–H and O–H groups in total. The molecule has 8 heteroatoms. The number of carbonyl (C=O) groups excluding carboxylic acids is 2. The van der Waals surface area contributed by atoms with Gasteiger partial charge in [0.15, 0.2) is 0 Å². The highest BCUT2D eigenvalue weighted by atomic mass is 16.4. The molecule has 0 spiro atoms. The Morgan fingerprint density at radius 1 is 1.21 bits per heavy atom. The van der Waals surface area contributed by atoms with E-state index in [9.17, 15) is 14.4 Å². The number of carboxylic acid groups (broad SMARTS) is 1. The third-order valence-electron chi connectivity index (χ3n) is 3.07. The van der Waals surface area contributed by atoms with Gasteiger partial charge in [0.1, 0.15) is 0 Å². The second-order valence-electron chi connectivity index (χ2n) is 4.46. The molecule has 19 heavy (non-hydrogen) atoms. The predicted molar refractivity (Wildman–Crippen MR) is 67.4 cm³/mol. The number of urea groups is 1. The highest BCUT2D eigenvalue weighted by Crippen LogP contribution is 2.16. The van der Waals surface area contributed by atoms with Crippen LogP contribution in [0, 0.1) is 5.92 Å². The molecule has 1 saturated heterocycles. The van der Waals surface area contributed by atoms with E-state index in [0.29, 0.717) is 39.0 Å². The molecule has 1 fully saturated rings. The summed E-state index contributed by atoms with van der Waals surface area (Å²) in [6, 6.07) is -0.594. The zero-order valence-electron chi connectivity index (χ0n) is 10.7. The van der Waals surface area contributed by atoms with Crippen LogP contribution < -0.4 is 16.4 Å². The second-order valence-corrected chi connectivity index (χ2v) is 4.46. The minimum absolute atomic E-state index is 0.0529. The molecular formula is C11H20N4O4. The van der Waals surface area contributed by atoms with E-state index in [1.54, 1.807) is 4.90 Å². The quantitative estimate of drug-likeness (QED) is 0.441. The molecule has 8 nitrogen and oxygen atoms in total. The van der Waals surface area contributed by atoms with E-state index < -0.39 is 12.0 Å². The predicted octanol–water partition coefficient (Wildman–Crippen LogP) is -1.43. The van der Waals surface area contributed by atoms with Crippen molar-refractivity contribution in [3.8, 4) is 0 Å². The summed E-state index contributed by atoms with van der Waals surface area (Å²) in [7, 11) is 0. The molecule has 1 aliphatic heterocycles. The van der Waals surface area contributed by atoms with Crippen molar-refractivity contribution in [3.05, 3.63) is 0 Å². The van der Waals surface area contributed by atoms with Crippen LogP contribution in [0.15, 0.2) is 0 Å². The monoisotopic (exact) mass is 272 g/mol. The average molecular weight is 272 g/mol. The molecule has 0 aromatic rings. The molecule has 108 valence electrons. The van der Waals surface area contributed by atoms with Crippen molar-refractivity contribution in [3.63, 3.8) is 0 Å². The van der Waals surface area contributed by atoms with Gasteiger partial charge >= 0.3 is 12.0 Å². The number of carbonyl (C=O) groups is 3. The van der Waals surface area contributed by atoms with E-state index in [-0.39, 0.29) is 18.4 Å². The number of hydrogen-bond donors (Lipinski definition) is 4. The van der Waals surface area contributed by atoms with Gasteiger partial charge < -0.3 is 26.4 Å². The van der Waals surface area contributed by atoms with Crippen LogP contribution in [-0.2, 0) is 9.59 Å². The molecule has 1 heterocycles. The van der Waals surface area contributed by atoms with Gasteiger partial charge in [-0.25, -0.2) is 4.79 Å². The number of piperidine rings is 1. The van der Waals surface area contributed by atoms with Gasteiger partial charge in [-0.15, -0.1) is 0 Å². The number of aliphatic carboxylic acids is 1. The van der Waals surface area contributed by atoms with Gasteiger partial charge in [-0.05, 0) is 12.8 Å². The smallest absolute Gasteiger partial charge is 0.312 e. The number of rotatable bonds is 6. The van der Waals surface area contributed by atoms with Crippen molar-refractivity contribution >= 4 is 17.9 Å².